The molecule has 2 aromatic heterocycles. The SMILES string of the molecule is CCOC(=O)c1c(NC(=O)/C=C/c2cccs2)sc2c1CC[NH+](C(C)C)C2. The minimum Gasteiger partial charge on any atom is -0.462 e. The van der Waals surface area contributed by atoms with Crippen LogP contribution in [-0.4, -0.2) is 31.1 Å². The van der Waals surface area contributed by atoms with E-state index in [0.29, 0.717) is 23.2 Å². The third kappa shape index (κ3) is 4.66. The summed E-state index contributed by atoms with van der Waals surface area (Å²) < 4.78 is 5.26. The number of anilines is 1. The molecule has 7 heteroatoms. The summed E-state index contributed by atoms with van der Waals surface area (Å²) in [5.41, 5.74) is 1.58. The predicted molar refractivity (Wildman–Crippen MR) is 111 cm³/mol. The van der Waals surface area contributed by atoms with E-state index in [1.165, 1.54) is 27.2 Å². The third-order valence-corrected chi connectivity index (χ3v) is 6.63. The van der Waals surface area contributed by atoms with Crippen molar-refractivity contribution in [3.63, 3.8) is 0 Å². The maximum absolute atomic E-state index is 12.6. The van der Waals surface area contributed by atoms with Crippen LogP contribution in [0.3, 0.4) is 0 Å². The van der Waals surface area contributed by atoms with Crippen LogP contribution in [0.2, 0.25) is 0 Å². The molecule has 0 aromatic carbocycles. The molecule has 0 spiro atoms. The average molecular weight is 406 g/mol. The van der Waals surface area contributed by atoms with Crippen LogP contribution < -0.4 is 10.2 Å². The molecule has 1 unspecified atom stereocenters. The zero-order valence-corrected chi connectivity index (χ0v) is 17.5. The molecular weight excluding hydrogens is 380 g/mol. The second-order valence-electron chi connectivity index (χ2n) is 6.76. The minimum atomic E-state index is -0.347. The Labute approximate surface area is 167 Å². The molecule has 144 valence electrons. The van der Waals surface area contributed by atoms with Crippen molar-refractivity contribution in [2.45, 2.75) is 39.8 Å². The zero-order chi connectivity index (χ0) is 19.4. The Balaban J connectivity index is 1.85. The number of thiophene rings is 2. The molecule has 27 heavy (non-hydrogen) atoms. The zero-order valence-electron chi connectivity index (χ0n) is 15.8. The number of quaternary nitrogens is 1. The largest absolute Gasteiger partial charge is 0.462 e. The maximum atomic E-state index is 12.6. The first-order valence-corrected chi connectivity index (χ1v) is 10.9. The minimum absolute atomic E-state index is 0.236. The summed E-state index contributed by atoms with van der Waals surface area (Å²) in [5.74, 6) is -0.582. The Morgan fingerprint density at radius 3 is 2.89 bits per heavy atom. The fourth-order valence-corrected chi connectivity index (χ4v) is 5.11. The number of nitrogens with one attached hydrogen (secondary N) is 2. The van der Waals surface area contributed by atoms with Crippen molar-refractivity contribution in [3.05, 3.63) is 44.5 Å². The number of amides is 1. The van der Waals surface area contributed by atoms with Crippen molar-refractivity contribution in [1.82, 2.24) is 0 Å². The molecule has 1 amide bonds. The van der Waals surface area contributed by atoms with Gasteiger partial charge in [0.05, 0.1) is 29.6 Å². The lowest BCUT2D eigenvalue weighted by atomic mass is 10.0. The molecule has 0 fully saturated rings. The van der Waals surface area contributed by atoms with E-state index in [1.807, 2.05) is 17.5 Å². The maximum Gasteiger partial charge on any atom is 0.341 e. The van der Waals surface area contributed by atoms with Crippen LogP contribution in [0.1, 0.15) is 46.4 Å². The van der Waals surface area contributed by atoms with Gasteiger partial charge in [-0.25, -0.2) is 4.79 Å². The molecule has 0 bridgehead atoms. The molecule has 1 aliphatic heterocycles. The van der Waals surface area contributed by atoms with Gasteiger partial charge in [-0.2, -0.15) is 0 Å². The number of hydrogen-bond acceptors (Lipinski definition) is 5. The molecule has 3 rings (SSSR count). The van der Waals surface area contributed by atoms with Crippen LogP contribution in [0, 0.1) is 0 Å². The van der Waals surface area contributed by atoms with Crippen molar-refractivity contribution < 1.29 is 19.2 Å². The fraction of sp³-hybridized carbons (Fsp3) is 0.400. The van der Waals surface area contributed by atoms with Crippen LogP contribution in [0.25, 0.3) is 6.08 Å². The van der Waals surface area contributed by atoms with Crippen molar-refractivity contribution in [1.29, 1.82) is 0 Å². The summed E-state index contributed by atoms with van der Waals surface area (Å²) in [6, 6.07) is 4.42. The van der Waals surface area contributed by atoms with Gasteiger partial charge >= 0.3 is 5.97 Å². The van der Waals surface area contributed by atoms with Crippen molar-refractivity contribution >= 4 is 45.6 Å². The first-order valence-electron chi connectivity index (χ1n) is 9.18. The molecule has 1 aliphatic rings. The Kier molecular flexibility index (Phi) is 6.46. The van der Waals surface area contributed by atoms with E-state index in [-0.39, 0.29) is 11.9 Å². The van der Waals surface area contributed by atoms with Crippen LogP contribution in [-0.2, 0) is 22.5 Å². The molecule has 1 atom stereocenters. The standard InChI is InChI=1S/C20H24N2O3S2/c1-4-25-20(24)18-15-9-10-22(13(2)3)12-16(15)27-19(18)21-17(23)8-7-14-6-5-11-26-14/h5-8,11,13H,4,9-10,12H2,1-3H3,(H,21,23)/p+1/b8-7+. The second-order valence-corrected chi connectivity index (χ2v) is 8.84. The number of carbonyl (C=O) groups excluding carboxylic acids is 2. The Morgan fingerprint density at radius 2 is 2.22 bits per heavy atom. The molecule has 0 saturated carbocycles. The van der Waals surface area contributed by atoms with Crippen LogP contribution in [0.15, 0.2) is 23.6 Å². The highest BCUT2D eigenvalue weighted by atomic mass is 32.1. The van der Waals surface area contributed by atoms with Gasteiger partial charge in [-0.15, -0.1) is 22.7 Å². The van der Waals surface area contributed by atoms with Crippen LogP contribution in [0.5, 0.6) is 0 Å². The lowest BCUT2D eigenvalue weighted by molar-refractivity contribution is -0.936. The van der Waals surface area contributed by atoms with Gasteiger partial charge in [-0.05, 0) is 43.9 Å². The summed E-state index contributed by atoms with van der Waals surface area (Å²) in [6.45, 7) is 8.39. The molecule has 2 N–H and O–H groups in total. The molecule has 0 aliphatic carbocycles. The molecule has 0 radical (unpaired) electrons. The average Bonchev–Trinajstić information content (AvgIpc) is 3.26. The van der Waals surface area contributed by atoms with E-state index < -0.39 is 0 Å². The fourth-order valence-electron chi connectivity index (χ4n) is 3.20. The molecule has 5 nitrogen and oxygen atoms in total. The van der Waals surface area contributed by atoms with Gasteiger partial charge in [-0.3, -0.25) is 4.79 Å². The summed E-state index contributed by atoms with van der Waals surface area (Å²) in [4.78, 5) is 28.6. The molecule has 3 heterocycles. The number of esters is 1. The van der Waals surface area contributed by atoms with E-state index in [4.69, 9.17) is 4.74 Å². The first-order chi connectivity index (χ1) is 13.0. The number of ether oxygens (including phenoxy) is 1. The topological polar surface area (TPSA) is 59.8 Å². The van der Waals surface area contributed by atoms with E-state index in [9.17, 15) is 9.59 Å². The molecule has 0 saturated heterocycles. The number of carbonyl (C=O) groups is 2. The second kappa shape index (κ2) is 8.82. The predicted octanol–water partition coefficient (Wildman–Crippen LogP) is 2.99. The van der Waals surface area contributed by atoms with Gasteiger partial charge in [0.1, 0.15) is 11.5 Å². The number of fused-ring (bicyclic) bond motifs is 1. The number of rotatable bonds is 6. The molecular formula is C20H25N2O3S2+. The third-order valence-electron chi connectivity index (χ3n) is 4.65. The van der Waals surface area contributed by atoms with Gasteiger partial charge in [0.2, 0.25) is 5.91 Å². The van der Waals surface area contributed by atoms with Gasteiger partial charge in [0.25, 0.3) is 0 Å². The van der Waals surface area contributed by atoms with E-state index in [1.54, 1.807) is 24.3 Å². The summed E-state index contributed by atoms with van der Waals surface area (Å²) in [5, 5.41) is 5.47. The van der Waals surface area contributed by atoms with E-state index >= 15 is 0 Å². The smallest absolute Gasteiger partial charge is 0.341 e. The van der Waals surface area contributed by atoms with Gasteiger partial charge < -0.3 is 15.0 Å². The van der Waals surface area contributed by atoms with E-state index in [2.05, 4.69) is 19.2 Å². The first kappa shape index (κ1) is 19.8. The lowest BCUT2D eigenvalue weighted by Gasteiger charge is -2.27. The van der Waals surface area contributed by atoms with Crippen molar-refractivity contribution in [2.75, 3.05) is 18.5 Å². The van der Waals surface area contributed by atoms with Gasteiger partial charge in [-0.1, -0.05) is 6.07 Å². The Hall–Kier alpha value is -1.96. The van der Waals surface area contributed by atoms with Crippen LogP contribution in [0.4, 0.5) is 5.00 Å². The highest BCUT2D eigenvalue weighted by molar-refractivity contribution is 7.17. The Bertz CT molecular complexity index is 838. The normalized spacial score (nSPS) is 16.5. The Morgan fingerprint density at radius 1 is 1.41 bits per heavy atom. The number of hydrogen-bond donors (Lipinski definition) is 2. The highest BCUT2D eigenvalue weighted by Gasteiger charge is 2.31. The van der Waals surface area contributed by atoms with Gasteiger partial charge in [0.15, 0.2) is 0 Å². The monoisotopic (exact) mass is 405 g/mol. The summed E-state index contributed by atoms with van der Waals surface area (Å²) in [7, 11) is 0. The lowest BCUT2D eigenvalue weighted by Crippen LogP contribution is -3.14. The van der Waals surface area contributed by atoms with Crippen LogP contribution >= 0.6 is 22.7 Å². The quantitative estimate of drug-likeness (QED) is 0.574. The summed E-state index contributed by atoms with van der Waals surface area (Å²) >= 11 is 3.07. The summed E-state index contributed by atoms with van der Waals surface area (Å²) in [6.07, 6.45) is 4.11. The van der Waals surface area contributed by atoms with Gasteiger partial charge in [0, 0.05) is 17.4 Å². The van der Waals surface area contributed by atoms with Crippen molar-refractivity contribution in [3.8, 4) is 0 Å². The van der Waals surface area contributed by atoms with E-state index in [0.717, 1.165) is 30.0 Å². The van der Waals surface area contributed by atoms with Crippen molar-refractivity contribution in [2.24, 2.45) is 0 Å². The molecule has 2 aromatic rings. The highest BCUT2D eigenvalue weighted by Crippen LogP contribution is 2.35.